The second kappa shape index (κ2) is 9.72. The summed E-state index contributed by atoms with van der Waals surface area (Å²) in [4.78, 5) is 20.0. The highest BCUT2D eigenvalue weighted by molar-refractivity contribution is 5.94. The van der Waals surface area contributed by atoms with Crippen LogP contribution in [0.2, 0.25) is 0 Å². The van der Waals surface area contributed by atoms with E-state index in [1.807, 2.05) is 35.2 Å². The summed E-state index contributed by atoms with van der Waals surface area (Å²) in [5.41, 5.74) is 5.72. The maximum absolute atomic E-state index is 13.3. The van der Waals surface area contributed by atoms with E-state index in [4.69, 9.17) is 14.1 Å². The molecule has 1 aliphatic heterocycles. The highest BCUT2D eigenvalue weighted by Gasteiger charge is 2.34. The van der Waals surface area contributed by atoms with Crippen LogP contribution in [0.4, 0.5) is 0 Å². The smallest absolute Gasteiger partial charge is 0.254 e. The van der Waals surface area contributed by atoms with Crippen LogP contribution in [0.15, 0.2) is 71.1 Å². The Kier molecular flexibility index (Phi) is 6.35. The number of rotatable bonds is 7. The van der Waals surface area contributed by atoms with Gasteiger partial charge < -0.3 is 14.1 Å². The SMILES string of the molecule is CCCCOc1ccc(C(=O)N2CCC[C@@H]2c2nc3cc(-c4cccc(C)c4)ccc3o2)cc1. The van der Waals surface area contributed by atoms with E-state index in [-0.39, 0.29) is 11.9 Å². The molecule has 2 heterocycles. The lowest BCUT2D eigenvalue weighted by molar-refractivity contribution is 0.0717. The Hall–Kier alpha value is -3.60. The molecule has 0 N–H and O–H groups in total. The highest BCUT2D eigenvalue weighted by Crippen LogP contribution is 2.35. The van der Waals surface area contributed by atoms with Crippen molar-refractivity contribution >= 4 is 17.0 Å². The van der Waals surface area contributed by atoms with Crippen LogP contribution in [0, 0.1) is 6.92 Å². The summed E-state index contributed by atoms with van der Waals surface area (Å²) < 4.78 is 11.9. The Morgan fingerprint density at radius 3 is 2.71 bits per heavy atom. The number of aryl methyl sites for hydroxylation is 1. The van der Waals surface area contributed by atoms with E-state index in [9.17, 15) is 4.79 Å². The number of aromatic nitrogens is 1. The quantitative estimate of drug-likeness (QED) is 0.283. The average Bonchev–Trinajstić information content (AvgIpc) is 3.51. The minimum Gasteiger partial charge on any atom is -0.494 e. The topological polar surface area (TPSA) is 55.6 Å². The Morgan fingerprint density at radius 2 is 1.91 bits per heavy atom. The first-order valence-corrected chi connectivity index (χ1v) is 12.1. The molecule has 5 nitrogen and oxygen atoms in total. The molecule has 1 saturated heterocycles. The second-order valence-electron chi connectivity index (χ2n) is 8.99. The van der Waals surface area contributed by atoms with Crippen LogP contribution in [-0.4, -0.2) is 28.9 Å². The minimum absolute atomic E-state index is 0.00492. The molecule has 0 aliphatic carbocycles. The van der Waals surface area contributed by atoms with Crippen molar-refractivity contribution < 1.29 is 13.9 Å². The van der Waals surface area contributed by atoms with Crippen LogP contribution in [0.1, 0.15) is 60.5 Å². The van der Waals surface area contributed by atoms with Gasteiger partial charge in [-0.15, -0.1) is 0 Å². The maximum Gasteiger partial charge on any atom is 0.254 e. The van der Waals surface area contributed by atoms with Gasteiger partial charge in [-0.25, -0.2) is 4.98 Å². The van der Waals surface area contributed by atoms with Crippen molar-refractivity contribution in [1.82, 2.24) is 9.88 Å². The minimum atomic E-state index is -0.150. The van der Waals surface area contributed by atoms with Gasteiger partial charge in [0.05, 0.1) is 6.61 Å². The Labute approximate surface area is 200 Å². The molecular weight excluding hydrogens is 424 g/mol. The number of likely N-dealkylation sites (tertiary alicyclic amines) is 1. The second-order valence-corrected chi connectivity index (χ2v) is 8.99. The lowest BCUT2D eigenvalue weighted by atomic mass is 10.0. The molecule has 5 heteroatoms. The zero-order chi connectivity index (χ0) is 23.5. The standard InChI is InChI=1S/C29H30N2O3/c1-3-4-17-33-24-13-10-21(11-14-24)29(32)31-16-6-9-26(31)28-30-25-19-23(12-15-27(25)34-28)22-8-5-7-20(2)18-22/h5,7-8,10-15,18-19,26H,3-4,6,9,16-17H2,1-2H3/t26-/m1/s1. The van der Waals surface area contributed by atoms with Gasteiger partial charge in [-0.1, -0.05) is 49.2 Å². The Balaban J connectivity index is 1.35. The number of benzene rings is 3. The van der Waals surface area contributed by atoms with Gasteiger partial charge in [0.25, 0.3) is 5.91 Å². The first-order chi connectivity index (χ1) is 16.6. The third-order valence-electron chi connectivity index (χ3n) is 6.42. The highest BCUT2D eigenvalue weighted by atomic mass is 16.5. The number of carbonyl (C=O) groups is 1. The van der Waals surface area contributed by atoms with Crippen molar-refractivity contribution in [2.45, 2.75) is 45.6 Å². The molecule has 0 saturated carbocycles. The summed E-state index contributed by atoms with van der Waals surface area (Å²) in [6.45, 7) is 5.62. The molecule has 174 valence electrons. The number of fused-ring (bicyclic) bond motifs is 1. The lowest BCUT2D eigenvalue weighted by Gasteiger charge is -2.22. The van der Waals surface area contributed by atoms with E-state index in [2.05, 4.69) is 50.2 Å². The van der Waals surface area contributed by atoms with E-state index in [0.717, 1.165) is 53.7 Å². The van der Waals surface area contributed by atoms with Crippen LogP contribution >= 0.6 is 0 Å². The van der Waals surface area contributed by atoms with E-state index in [1.54, 1.807) is 0 Å². The normalized spacial score (nSPS) is 15.7. The summed E-state index contributed by atoms with van der Waals surface area (Å²) in [7, 11) is 0. The molecule has 1 fully saturated rings. The predicted octanol–water partition coefficient (Wildman–Crippen LogP) is 6.96. The van der Waals surface area contributed by atoms with Gasteiger partial charge in [0.1, 0.15) is 17.3 Å². The largest absolute Gasteiger partial charge is 0.494 e. The number of nitrogens with zero attached hydrogens (tertiary/aromatic N) is 2. The summed E-state index contributed by atoms with van der Waals surface area (Å²) in [5.74, 6) is 1.42. The number of ether oxygens (including phenoxy) is 1. The van der Waals surface area contributed by atoms with Crippen LogP contribution in [0.25, 0.3) is 22.2 Å². The van der Waals surface area contributed by atoms with E-state index in [1.165, 1.54) is 5.56 Å². The van der Waals surface area contributed by atoms with Crippen LogP contribution in [0.5, 0.6) is 5.75 Å². The summed E-state index contributed by atoms with van der Waals surface area (Å²) in [6, 6.07) is 21.8. The monoisotopic (exact) mass is 454 g/mol. The molecule has 0 bridgehead atoms. The van der Waals surface area contributed by atoms with Gasteiger partial charge in [-0.05, 0) is 73.7 Å². The number of hydrogen-bond acceptors (Lipinski definition) is 4. The summed E-state index contributed by atoms with van der Waals surface area (Å²) in [5, 5.41) is 0. The number of oxazole rings is 1. The Morgan fingerprint density at radius 1 is 1.09 bits per heavy atom. The molecule has 0 unspecified atom stereocenters. The predicted molar refractivity (Wildman–Crippen MR) is 134 cm³/mol. The maximum atomic E-state index is 13.3. The molecule has 1 aromatic heterocycles. The Bertz CT molecular complexity index is 1290. The van der Waals surface area contributed by atoms with Gasteiger partial charge in [-0.3, -0.25) is 4.79 Å². The molecule has 0 radical (unpaired) electrons. The fraction of sp³-hybridized carbons (Fsp3) is 0.310. The molecule has 34 heavy (non-hydrogen) atoms. The third-order valence-corrected chi connectivity index (χ3v) is 6.42. The molecule has 4 aromatic rings. The van der Waals surface area contributed by atoms with E-state index < -0.39 is 0 Å². The van der Waals surface area contributed by atoms with E-state index in [0.29, 0.717) is 24.6 Å². The molecule has 1 atom stereocenters. The fourth-order valence-electron chi connectivity index (χ4n) is 4.55. The summed E-state index contributed by atoms with van der Waals surface area (Å²) in [6.07, 6.45) is 3.90. The third kappa shape index (κ3) is 4.56. The van der Waals surface area contributed by atoms with Crippen LogP contribution in [0.3, 0.4) is 0 Å². The number of carbonyl (C=O) groups excluding carboxylic acids is 1. The van der Waals surface area contributed by atoms with Crippen molar-refractivity contribution in [3.63, 3.8) is 0 Å². The zero-order valence-electron chi connectivity index (χ0n) is 19.8. The van der Waals surface area contributed by atoms with Crippen LogP contribution < -0.4 is 4.74 Å². The van der Waals surface area contributed by atoms with Crippen molar-refractivity contribution in [2.24, 2.45) is 0 Å². The van der Waals surface area contributed by atoms with Crippen molar-refractivity contribution in [3.8, 4) is 16.9 Å². The van der Waals surface area contributed by atoms with Gasteiger partial charge in [0.2, 0.25) is 5.89 Å². The van der Waals surface area contributed by atoms with Gasteiger partial charge in [0, 0.05) is 12.1 Å². The number of amides is 1. The zero-order valence-corrected chi connectivity index (χ0v) is 19.8. The average molecular weight is 455 g/mol. The molecule has 5 rings (SSSR count). The fourth-order valence-corrected chi connectivity index (χ4v) is 4.55. The van der Waals surface area contributed by atoms with Gasteiger partial charge in [-0.2, -0.15) is 0 Å². The van der Waals surface area contributed by atoms with Crippen LogP contribution in [-0.2, 0) is 0 Å². The first-order valence-electron chi connectivity index (χ1n) is 12.1. The molecule has 1 amide bonds. The first kappa shape index (κ1) is 22.2. The van der Waals surface area contributed by atoms with Crippen molar-refractivity contribution in [1.29, 1.82) is 0 Å². The molecular formula is C29H30N2O3. The number of unbranched alkanes of at least 4 members (excludes halogenated alkanes) is 1. The lowest BCUT2D eigenvalue weighted by Crippen LogP contribution is -2.30. The van der Waals surface area contributed by atoms with Gasteiger partial charge in [0.15, 0.2) is 5.58 Å². The number of hydrogen-bond donors (Lipinski definition) is 0. The molecule has 1 aliphatic rings. The molecule has 0 spiro atoms. The van der Waals surface area contributed by atoms with E-state index >= 15 is 0 Å². The van der Waals surface area contributed by atoms with Crippen molar-refractivity contribution in [3.05, 3.63) is 83.7 Å². The van der Waals surface area contributed by atoms with Gasteiger partial charge >= 0.3 is 0 Å². The van der Waals surface area contributed by atoms with Crippen molar-refractivity contribution in [2.75, 3.05) is 13.2 Å². The summed E-state index contributed by atoms with van der Waals surface area (Å²) >= 11 is 0. The molecule has 3 aromatic carbocycles.